The zero-order chi connectivity index (χ0) is 22.0. The molecule has 0 atom stereocenters. The van der Waals surface area contributed by atoms with Crippen molar-refractivity contribution in [2.45, 2.75) is 27.3 Å². The highest BCUT2D eigenvalue weighted by atomic mass is 35.5. The van der Waals surface area contributed by atoms with Crippen molar-refractivity contribution in [2.24, 2.45) is 0 Å². The molecule has 0 unspecified atom stereocenters. The van der Waals surface area contributed by atoms with Crippen LogP contribution in [0.3, 0.4) is 0 Å². The standard InChI is InChI=1S/C23H21ClN4O3/c1-13-8-9-16(10-14(13)2)21-20-22(26-15(3)27-23(20)31-28-21)30-12-19(29)25-11-17-6-4-5-7-18(17)24/h4-10H,11-12H2,1-3H3,(H,25,29). The molecular weight excluding hydrogens is 416 g/mol. The smallest absolute Gasteiger partial charge is 0.265 e. The molecule has 0 radical (unpaired) electrons. The third-order valence-electron chi connectivity index (χ3n) is 4.97. The molecule has 2 heterocycles. The topological polar surface area (TPSA) is 90.1 Å². The molecule has 2 aromatic heterocycles. The number of amides is 1. The van der Waals surface area contributed by atoms with Crippen molar-refractivity contribution in [2.75, 3.05) is 6.61 Å². The SMILES string of the molecule is Cc1nc(OCC(=O)NCc2ccccc2Cl)c2c(-c3ccc(C)c(C)c3)noc2n1. The van der Waals surface area contributed by atoms with Crippen LogP contribution in [0.5, 0.6) is 5.88 Å². The number of aryl methyl sites for hydroxylation is 3. The molecule has 0 bridgehead atoms. The van der Waals surface area contributed by atoms with E-state index in [0.717, 1.165) is 16.7 Å². The first-order chi connectivity index (χ1) is 14.9. The second kappa shape index (κ2) is 8.73. The van der Waals surface area contributed by atoms with E-state index in [1.165, 1.54) is 5.56 Å². The predicted molar refractivity (Wildman–Crippen MR) is 118 cm³/mol. The van der Waals surface area contributed by atoms with E-state index in [1.807, 2.05) is 50.2 Å². The number of hydrogen-bond acceptors (Lipinski definition) is 6. The largest absolute Gasteiger partial charge is 0.467 e. The summed E-state index contributed by atoms with van der Waals surface area (Å²) in [5.74, 6) is 0.417. The van der Waals surface area contributed by atoms with Gasteiger partial charge in [0.1, 0.15) is 16.9 Å². The van der Waals surface area contributed by atoms with Crippen LogP contribution >= 0.6 is 11.6 Å². The number of ether oxygens (including phenoxy) is 1. The fraction of sp³-hybridized carbons (Fsp3) is 0.217. The van der Waals surface area contributed by atoms with E-state index in [1.54, 1.807) is 13.0 Å². The maximum absolute atomic E-state index is 12.3. The first-order valence-electron chi connectivity index (χ1n) is 9.77. The lowest BCUT2D eigenvalue weighted by Crippen LogP contribution is -2.28. The average Bonchev–Trinajstić information content (AvgIpc) is 3.17. The minimum atomic E-state index is -0.298. The maximum Gasteiger partial charge on any atom is 0.265 e. The Kier molecular flexibility index (Phi) is 5.86. The summed E-state index contributed by atoms with van der Waals surface area (Å²) in [5, 5.41) is 8.11. The lowest BCUT2D eigenvalue weighted by molar-refractivity contribution is -0.123. The van der Waals surface area contributed by atoms with E-state index in [4.69, 9.17) is 20.9 Å². The molecule has 0 aliphatic heterocycles. The number of rotatable bonds is 6. The first kappa shape index (κ1) is 20.8. The summed E-state index contributed by atoms with van der Waals surface area (Å²) in [6, 6.07) is 13.3. The van der Waals surface area contributed by atoms with Crippen LogP contribution in [0, 0.1) is 20.8 Å². The lowest BCUT2D eigenvalue weighted by Gasteiger charge is -2.09. The summed E-state index contributed by atoms with van der Waals surface area (Å²) in [6.45, 7) is 5.89. The van der Waals surface area contributed by atoms with Gasteiger partial charge < -0.3 is 14.6 Å². The fourth-order valence-corrected chi connectivity index (χ4v) is 3.34. The van der Waals surface area contributed by atoms with Gasteiger partial charge in [-0.25, -0.2) is 0 Å². The normalized spacial score (nSPS) is 11.0. The molecule has 7 nitrogen and oxygen atoms in total. The van der Waals surface area contributed by atoms with Gasteiger partial charge in [0.15, 0.2) is 6.61 Å². The van der Waals surface area contributed by atoms with Gasteiger partial charge in [-0.05, 0) is 49.6 Å². The van der Waals surface area contributed by atoms with Crippen LogP contribution in [-0.4, -0.2) is 27.6 Å². The summed E-state index contributed by atoms with van der Waals surface area (Å²) < 4.78 is 11.2. The van der Waals surface area contributed by atoms with Crippen LogP contribution in [0.1, 0.15) is 22.5 Å². The summed E-state index contributed by atoms with van der Waals surface area (Å²) >= 11 is 6.13. The van der Waals surface area contributed by atoms with Gasteiger partial charge in [-0.15, -0.1) is 0 Å². The Bertz CT molecular complexity index is 1270. The molecule has 0 saturated heterocycles. The summed E-state index contributed by atoms with van der Waals surface area (Å²) in [7, 11) is 0. The molecule has 0 fully saturated rings. The number of aromatic nitrogens is 3. The summed E-state index contributed by atoms with van der Waals surface area (Å²) in [6.07, 6.45) is 0. The molecule has 4 aromatic rings. The highest BCUT2D eigenvalue weighted by Crippen LogP contribution is 2.33. The summed E-state index contributed by atoms with van der Waals surface area (Å²) in [4.78, 5) is 21.0. The Labute approximate surface area is 184 Å². The molecule has 1 N–H and O–H groups in total. The Hall–Kier alpha value is -3.45. The number of nitrogens with one attached hydrogen (secondary N) is 1. The zero-order valence-electron chi connectivity index (χ0n) is 17.4. The van der Waals surface area contributed by atoms with Crippen molar-refractivity contribution in [3.8, 4) is 17.1 Å². The van der Waals surface area contributed by atoms with Gasteiger partial charge in [0.25, 0.3) is 11.6 Å². The van der Waals surface area contributed by atoms with Gasteiger partial charge in [-0.2, -0.15) is 9.97 Å². The van der Waals surface area contributed by atoms with Crippen molar-refractivity contribution < 1.29 is 14.1 Å². The van der Waals surface area contributed by atoms with Crippen LogP contribution in [-0.2, 0) is 11.3 Å². The zero-order valence-corrected chi connectivity index (χ0v) is 18.2. The van der Waals surface area contributed by atoms with Crippen LogP contribution in [0.15, 0.2) is 47.0 Å². The van der Waals surface area contributed by atoms with Crippen molar-refractivity contribution in [1.29, 1.82) is 0 Å². The highest BCUT2D eigenvalue weighted by molar-refractivity contribution is 6.31. The molecule has 0 spiro atoms. The molecule has 158 valence electrons. The molecular formula is C23H21ClN4O3. The lowest BCUT2D eigenvalue weighted by atomic mass is 10.0. The van der Waals surface area contributed by atoms with Crippen molar-refractivity contribution in [3.63, 3.8) is 0 Å². The van der Waals surface area contributed by atoms with Crippen molar-refractivity contribution >= 4 is 28.6 Å². The Balaban J connectivity index is 1.55. The van der Waals surface area contributed by atoms with Crippen LogP contribution in [0.2, 0.25) is 5.02 Å². The molecule has 0 saturated carbocycles. The third-order valence-corrected chi connectivity index (χ3v) is 5.34. The van der Waals surface area contributed by atoms with Gasteiger partial charge in [-0.1, -0.05) is 47.1 Å². The number of halogens is 1. The number of hydrogen-bond donors (Lipinski definition) is 1. The number of carbonyl (C=O) groups is 1. The van der Waals surface area contributed by atoms with E-state index in [9.17, 15) is 4.79 Å². The Morgan fingerprint density at radius 2 is 1.90 bits per heavy atom. The van der Waals surface area contributed by atoms with Gasteiger partial charge >= 0.3 is 0 Å². The van der Waals surface area contributed by atoms with Crippen LogP contribution < -0.4 is 10.1 Å². The second-order valence-corrected chi connectivity index (χ2v) is 7.65. The predicted octanol–water partition coefficient (Wildman–Crippen LogP) is 4.56. The summed E-state index contributed by atoms with van der Waals surface area (Å²) in [5.41, 5.74) is 4.88. The number of carbonyl (C=O) groups excluding carboxylic acids is 1. The van der Waals surface area contributed by atoms with Gasteiger partial charge in [-0.3, -0.25) is 4.79 Å². The van der Waals surface area contributed by atoms with Crippen molar-refractivity contribution in [3.05, 3.63) is 70.0 Å². The van der Waals surface area contributed by atoms with Crippen molar-refractivity contribution in [1.82, 2.24) is 20.4 Å². The number of nitrogens with zero attached hydrogens (tertiary/aromatic N) is 3. The second-order valence-electron chi connectivity index (χ2n) is 7.24. The van der Waals surface area contributed by atoms with Crippen LogP contribution in [0.4, 0.5) is 0 Å². The Morgan fingerprint density at radius 1 is 1.10 bits per heavy atom. The van der Waals surface area contributed by atoms with E-state index in [0.29, 0.717) is 34.2 Å². The van der Waals surface area contributed by atoms with E-state index in [-0.39, 0.29) is 18.4 Å². The van der Waals surface area contributed by atoms with E-state index < -0.39 is 0 Å². The molecule has 31 heavy (non-hydrogen) atoms. The molecule has 1 amide bonds. The molecule has 2 aromatic carbocycles. The van der Waals surface area contributed by atoms with Crippen LogP contribution in [0.25, 0.3) is 22.4 Å². The molecule has 4 rings (SSSR count). The van der Waals surface area contributed by atoms with Gasteiger partial charge in [0, 0.05) is 17.1 Å². The first-order valence-corrected chi connectivity index (χ1v) is 10.1. The molecule has 0 aliphatic carbocycles. The molecule has 8 heteroatoms. The number of benzene rings is 2. The number of fused-ring (bicyclic) bond motifs is 1. The van der Waals surface area contributed by atoms with E-state index in [2.05, 4.69) is 20.4 Å². The Morgan fingerprint density at radius 3 is 2.68 bits per heavy atom. The van der Waals surface area contributed by atoms with Gasteiger partial charge in [0.2, 0.25) is 5.88 Å². The average molecular weight is 437 g/mol. The highest BCUT2D eigenvalue weighted by Gasteiger charge is 2.20. The quantitative estimate of drug-likeness (QED) is 0.476. The minimum absolute atomic E-state index is 0.215. The minimum Gasteiger partial charge on any atom is -0.467 e. The molecule has 0 aliphatic rings. The van der Waals surface area contributed by atoms with E-state index >= 15 is 0 Å². The fourth-order valence-electron chi connectivity index (χ4n) is 3.14. The third kappa shape index (κ3) is 4.51. The van der Waals surface area contributed by atoms with Gasteiger partial charge in [0.05, 0.1) is 0 Å². The monoisotopic (exact) mass is 436 g/mol. The maximum atomic E-state index is 12.3.